The molecule has 2 atom stereocenters. The number of nitrogens with zero attached hydrogens (tertiary/aromatic N) is 2. The van der Waals surface area contributed by atoms with Crippen LogP contribution < -0.4 is 5.73 Å². The molecule has 2 aliphatic carbocycles. The highest BCUT2D eigenvalue weighted by Crippen LogP contribution is 2.58. The maximum Gasteiger partial charge on any atom is 0.226 e. The van der Waals surface area contributed by atoms with E-state index in [9.17, 15) is 4.79 Å². The Morgan fingerprint density at radius 2 is 1.78 bits per heavy atom. The molecular weight excluding hydrogens is 226 g/mol. The van der Waals surface area contributed by atoms with E-state index in [0.717, 1.165) is 57.5 Å². The third-order valence-electron chi connectivity index (χ3n) is 5.05. The molecule has 1 amide bonds. The molecule has 0 aromatic carbocycles. The summed E-state index contributed by atoms with van der Waals surface area (Å²) in [5, 5.41) is 0. The summed E-state index contributed by atoms with van der Waals surface area (Å²) >= 11 is 0. The van der Waals surface area contributed by atoms with Gasteiger partial charge in [-0.1, -0.05) is 6.42 Å². The summed E-state index contributed by atoms with van der Waals surface area (Å²) in [6.07, 6.45) is 5.03. The molecule has 0 aromatic heterocycles. The lowest BCUT2D eigenvalue weighted by molar-refractivity contribution is -0.135. The first kappa shape index (κ1) is 12.4. The quantitative estimate of drug-likeness (QED) is 0.793. The SMILES string of the molecule is NCCCN1CCN(C(=O)C2C3CCCC32)CC1. The van der Waals surface area contributed by atoms with Crippen molar-refractivity contribution in [2.75, 3.05) is 39.3 Å². The molecule has 3 aliphatic rings. The molecule has 1 aliphatic heterocycles. The fourth-order valence-electron chi connectivity index (χ4n) is 3.91. The minimum Gasteiger partial charge on any atom is -0.340 e. The van der Waals surface area contributed by atoms with Crippen LogP contribution in [0.4, 0.5) is 0 Å². The Hall–Kier alpha value is -0.610. The molecule has 4 heteroatoms. The van der Waals surface area contributed by atoms with Gasteiger partial charge in [0.05, 0.1) is 0 Å². The fraction of sp³-hybridized carbons (Fsp3) is 0.929. The molecule has 102 valence electrons. The minimum absolute atomic E-state index is 0.411. The summed E-state index contributed by atoms with van der Waals surface area (Å²) < 4.78 is 0. The zero-order valence-corrected chi connectivity index (χ0v) is 11.2. The van der Waals surface area contributed by atoms with Gasteiger partial charge in [0.2, 0.25) is 5.91 Å². The van der Waals surface area contributed by atoms with Crippen molar-refractivity contribution in [2.45, 2.75) is 25.7 Å². The number of amides is 1. The Kier molecular flexibility index (Phi) is 3.57. The molecule has 1 saturated heterocycles. The standard InChI is InChI=1S/C14H25N3O/c15-5-2-6-16-7-9-17(10-8-16)14(18)13-11-3-1-4-12(11)13/h11-13H,1-10,15H2. The monoisotopic (exact) mass is 251 g/mol. The lowest BCUT2D eigenvalue weighted by atomic mass is 10.1. The van der Waals surface area contributed by atoms with Crippen LogP contribution in [0, 0.1) is 17.8 Å². The average Bonchev–Trinajstić information content (AvgIpc) is 2.88. The first-order valence-corrected chi connectivity index (χ1v) is 7.52. The smallest absolute Gasteiger partial charge is 0.226 e. The van der Waals surface area contributed by atoms with Crippen LogP contribution >= 0.6 is 0 Å². The van der Waals surface area contributed by atoms with Gasteiger partial charge in [-0.25, -0.2) is 0 Å². The van der Waals surface area contributed by atoms with Gasteiger partial charge in [-0.2, -0.15) is 0 Å². The Morgan fingerprint density at radius 3 is 2.39 bits per heavy atom. The molecular formula is C14H25N3O. The summed E-state index contributed by atoms with van der Waals surface area (Å²) in [6.45, 7) is 5.79. The first-order chi connectivity index (χ1) is 8.81. The predicted molar refractivity (Wildman–Crippen MR) is 71.0 cm³/mol. The normalized spacial score (nSPS) is 35.6. The van der Waals surface area contributed by atoms with Crippen LogP contribution in [0.5, 0.6) is 0 Å². The van der Waals surface area contributed by atoms with Gasteiger partial charge in [-0.05, 0) is 44.2 Å². The van der Waals surface area contributed by atoms with Gasteiger partial charge in [0.25, 0.3) is 0 Å². The summed E-state index contributed by atoms with van der Waals surface area (Å²) in [7, 11) is 0. The van der Waals surface area contributed by atoms with E-state index in [1.54, 1.807) is 0 Å². The molecule has 1 heterocycles. The summed E-state index contributed by atoms with van der Waals surface area (Å²) in [5.41, 5.74) is 5.53. The van der Waals surface area contributed by atoms with E-state index in [2.05, 4.69) is 9.80 Å². The van der Waals surface area contributed by atoms with E-state index in [1.165, 1.54) is 19.3 Å². The van der Waals surface area contributed by atoms with Crippen molar-refractivity contribution in [1.82, 2.24) is 9.80 Å². The summed E-state index contributed by atoms with van der Waals surface area (Å²) in [6, 6.07) is 0. The van der Waals surface area contributed by atoms with Crippen molar-refractivity contribution in [3.05, 3.63) is 0 Å². The highest BCUT2D eigenvalue weighted by molar-refractivity contribution is 5.82. The van der Waals surface area contributed by atoms with Crippen LogP contribution in [-0.2, 0) is 4.79 Å². The third kappa shape index (κ3) is 2.28. The number of nitrogens with two attached hydrogens (primary N) is 1. The van der Waals surface area contributed by atoms with Crippen molar-refractivity contribution in [2.24, 2.45) is 23.5 Å². The number of carbonyl (C=O) groups excluding carboxylic acids is 1. The van der Waals surface area contributed by atoms with Gasteiger partial charge >= 0.3 is 0 Å². The van der Waals surface area contributed by atoms with E-state index in [4.69, 9.17) is 5.73 Å². The van der Waals surface area contributed by atoms with Gasteiger partial charge in [-0.3, -0.25) is 9.69 Å². The van der Waals surface area contributed by atoms with E-state index in [-0.39, 0.29) is 0 Å². The van der Waals surface area contributed by atoms with E-state index >= 15 is 0 Å². The number of rotatable bonds is 4. The molecule has 3 fully saturated rings. The van der Waals surface area contributed by atoms with Crippen LogP contribution in [0.1, 0.15) is 25.7 Å². The van der Waals surface area contributed by atoms with Crippen LogP contribution in [0.25, 0.3) is 0 Å². The molecule has 18 heavy (non-hydrogen) atoms. The summed E-state index contributed by atoms with van der Waals surface area (Å²) in [4.78, 5) is 16.9. The van der Waals surface area contributed by atoms with Crippen molar-refractivity contribution in [3.8, 4) is 0 Å². The molecule has 3 rings (SSSR count). The van der Waals surface area contributed by atoms with Crippen LogP contribution in [0.3, 0.4) is 0 Å². The Morgan fingerprint density at radius 1 is 1.11 bits per heavy atom. The molecule has 4 nitrogen and oxygen atoms in total. The average molecular weight is 251 g/mol. The largest absolute Gasteiger partial charge is 0.340 e. The summed E-state index contributed by atoms with van der Waals surface area (Å²) in [5.74, 6) is 2.39. The maximum atomic E-state index is 12.4. The molecule has 0 bridgehead atoms. The Bertz CT molecular complexity index is 302. The number of piperazine rings is 1. The van der Waals surface area contributed by atoms with Crippen molar-refractivity contribution in [1.29, 1.82) is 0 Å². The van der Waals surface area contributed by atoms with Gasteiger partial charge in [0, 0.05) is 32.1 Å². The van der Waals surface area contributed by atoms with Gasteiger partial charge < -0.3 is 10.6 Å². The number of hydrogen-bond donors (Lipinski definition) is 1. The van der Waals surface area contributed by atoms with E-state index < -0.39 is 0 Å². The van der Waals surface area contributed by atoms with Crippen molar-refractivity contribution >= 4 is 5.91 Å². The van der Waals surface area contributed by atoms with Crippen molar-refractivity contribution in [3.63, 3.8) is 0 Å². The lowest BCUT2D eigenvalue weighted by Gasteiger charge is -2.35. The number of carbonyl (C=O) groups is 1. The van der Waals surface area contributed by atoms with E-state index in [1.807, 2.05) is 0 Å². The van der Waals surface area contributed by atoms with E-state index in [0.29, 0.717) is 11.8 Å². The zero-order valence-electron chi connectivity index (χ0n) is 11.2. The molecule has 0 radical (unpaired) electrons. The number of fused-ring (bicyclic) bond motifs is 1. The molecule has 0 aromatic rings. The lowest BCUT2D eigenvalue weighted by Crippen LogP contribution is -2.49. The second kappa shape index (κ2) is 5.17. The molecule has 2 unspecified atom stereocenters. The fourth-order valence-corrected chi connectivity index (χ4v) is 3.91. The Labute approximate surface area is 109 Å². The second-order valence-electron chi connectivity index (χ2n) is 6.09. The predicted octanol–water partition coefficient (Wildman–Crippen LogP) is 0.525. The molecule has 2 N–H and O–H groups in total. The second-order valence-corrected chi connectivity index (χ2v) is 6.09. The van der Waals surface area contributed by atoms with Crippen LogP contribution in [-0.4, -0.2) is 55.0 Å². The Balaban J connectivity index is 1.44. The van der Waals surface area contributed by atoms with Gasteiger partial charge in [0.1, 0.15) is 0 Å². The van der Waals surface area contributed by atoms with Crippen molar-refractivity contribution < 1.29 is 4.79 Å². The minimum atomic E-state index is 0.411. The highest BCUT2D eigenvalue weighted by atomic mass is 16.2. The van der Waals surface area contributed by atoms with Gasteiger partial charge in [0.15, 0.2) is 0 Å². The van der Waals surface area contributed by atoms with Crippen LogP contribution in [0.2, 0.25) is 0 Å². The maximum absolute atomic E-state index is 12.4. The highest BCUT2D eigenvalue weighted by Gasteiger charge is 2.57. The first-order valence-electron chi connectivity index (χ1n) is 7.52. The third-order valence-corrected chi connectivity index (χ3v) is 5.05. The van der Waals surface area contributed by atoms with Crippen LogP contribution in [0.15, 0.2) is 0 Å². The molecule has 0 spiro atoms. The van der Waals surface area contributed by atoms with Gasteiger partial charge in [-0.15, -0.1) is 0 Å². The number of hydrogen-bond acceptors (Lipinski definition) is 3. The molecule has 2 saturated carbocycles. The topological polar surface area (TPSA) is 49.6 Å². The zero-order chi connectivity index (χ0) is 12.5.